The third-order valence-electron chi connectivity index (χ3n) is 4.77. The molecule has 0 atom stereocenters. The molecule has 0 fully saturated rings. The van der Waals surface area contributed by atoms with Gasteiger partial charge in [-0.15, -0.1) is 11.3 Å². The van der Waals surface area contributed by atoms with Gasteiger partial charge < -0.3 is 10.2 Å². The van der Waals surface area contributed by atoms with Gasteiger partial charge in [0.15, 0.2) is 0 Å². The van der Waals surface area contributed by atoms with E-state index in [0.29, 0.717) is 5.75 Å². The number of phenols is 2. The Bertz CT molecular complexity index is 916. The molecule has 1 heterocycles. The van der Waals surface area contributed by atoms with Crippen molar-refractivity contribution in [3.05, 3.63) is 59.7 Å². The Kier molecular flexibility index (Phi) is 4.85. The molecule has 3 heteroatoms. The third kappa shape index (κ3) is 4.03. The van der Waals surface area contributed by atoms with Crippen molar-refractivity contribution in [3.63, 3.8) is 0 Å². The Morgan fingerprint density at radius 1 is 0.630 bits per heavy atom. The maximum absolute atomic E-state index is 10.9. The first kappa shape index (κ1) is 19.5. The van der Waals surface area contributed by atoms with Gasteiger partial charge >= 0.3 is 0 Å². The van der Waals surface area contributed by atoms with E-state index in [4.69, 9.17) is 0 Å². The minimum absolute atomic E-state index is 0.142. The molecule has 2 nitrogen and oxygen atoms in total. The average molecular weight is 381 g/mol. The predicted octanol–water partition coefficient (Wildman–Crippen LogP) is 7.09. The molecule has 142 valence electrons. The van der Waals surface area contributed by atoms with Gasteiger partial charge in [0.05, 0.1) is 0 Å². The first-order valence-corrected chi connectivity index (χ1v) is 10.1. The molecule has 0 unspecified atom stereocenters. The fourth-order valence-corrected chi connectivity index (χ4v) is 4.19. The minimum atomic E-state index is -0.142. The lowest BCUT2D eigenvalue weighted by Gasteiger charge is -2.28. The number of rotatable bonds is 2. The summed E-state index contributed by atoms with van der Waals surface area (Å²) in [5.41, 5.74) is 3.90. The summed E-state index contributed by atoms with van der Waals surface area (Å²) in [6, 6.07) is 15.8. The standard InChI is InChI=1S/C24H28O2S/c1-23(2,3)18-13-16(14-19(22(18)26)24(4,5)6)21-12-11-20(27-21)15-7-9-17(25)10-8-15/h7-14,25-26H,1-6H3. The Balaban J connectivity index is 2.13. The molecule has 0 amide bonds. The fraction of sp³-hybridized carbons (Fsp3) is 0.333. The SMILES string of the molecule is CC(C)(C)c1cc(-c2ccc(-c3ccc(O)cc3)s2)cc(C(C)(C)C)c1O. The summed E-state index contributed by atoms with van der Waals surface area (Å²) in [6.45, 7) is 12.8. The molecule has 0 aliphatic rings. The summed E-state index contributed by atoms with van der Waals surface area (Å²) in [7, 11) is 0. The molecular formula is C24H28O2S. The maximum Gasteiger partial charge on any atom is 0.123 e. The van der Waals surface area contributed by atoms with Crippen LogP contribution in [0.5, 0.6) is 11.5 Å². The molecule has 2 aromatic carbocycles. The van der Waals surface area contributed by atoms with Crippen LogP contribution in [-0.2, 0) is 10.8 Å². The molecule has 0 aliphatic heterocycles. The average Bonchev–Trinajstić information content (AvgIpc) is 3.03. The van der Waals surface area contributed by atoms with E-state index in [1.54, 1.807) is 23.5 Å². The molecular weight excluding hydrogens is 352 g/mol. The second kappa shape index (κ2) is 6.72. The van der Waals surface area contributed by atoms with Crippen molar-refractivity contribution in [2.75, 3.05) is 0 Å². The summed E-state index contributed by atoms with van der Waals surface area (Å²) in [6.07, 6.45) is 0. The van der Waals surface area contributed by atoms with Gasteiger partial charge in [0, 0.05) is 20.9 Å². The highest BCUT2D eigenvalue weighted by molar-refractivity contribution is 7.18. The van der Waals surface area contributed by atoms with Gasteiger partial charge in [-0.3, -0.25) is 0 Å². The van der Waals surface area contributed by atoms with E-state index >= 15 is 0 Å². The van der Waals surface area contributed by atoms with E-state index in [1.165, 1.54) is 4.88 Å². The highest BCUT2D eigenvalue weighted by atomic mass is 32.1. The molecule has 0 saturated carbocycles. The van der Waals surface area contributed by atoms with Crippen molar-refractivity contribution in [2.45, 2.75) is 52.4 Å². The monoisotopic (exact) mass is 380 g/mol. The molecule has 27 heavy (non-hydrogen) atoms. The van der Waals surface area contributed by atoms with Crippen molar-refractivity contribution in [1.29, 1.82) is 0 Å². The number of hydrogen-bond donors (Lipinski definition) is 2. The normalized spacial score (nSPS) is 12.4. The predicted molar refractivity (Wildman–Crippen MR) is 116 cm³/mol. The van der Waals surface area contributed by atoms with Crippen LogP contribution in [0.25, 0.3) is 20.9 Å². The first-order chi connectivity index (χ1) is 12.5. The Morgan fingerprint density at radius 3 is 1.52 bits per heavy atom. The third-order valence-corrected chi connectivity index (χ3v) is 5.95. The van der Waals surface area contributed by atoms with Crippen LogP contribution < -0.4 is 0 Å². The van der Waals surface area contributed by atoms with Crippen molar-refractivity contribution in [1.82, 2.24) is 0 Å². The van der Waals surface area contributed by atoms with Crippen LogP contribution in [-0.4, -0.2) is 10.2 Å². The Labute approximate surface area is 166 Å². The zero-order chi connectivity index (χ0) is 20.0. The van der Waals surface area contributed by atoms with Gasteiger partial charge in [0.1, 0.15) is 11.5 Å². The van der Waals surface area contributed by atoms with Gasteiger partial charge in [-0.05, 0) is 70.5 Å². The summed E-state index contributed by atoms with van der Waals surface area (Å²) >= 11 is 1.73. The zero-order valence-corrected chi connectivity index (χ0v) is 17.7. The Morgan fingerprint density at radius 2 is 1.07 bits per heavy atom. The molecule has 0 spiro atoms. The van der Waals surface area contributed by atoms with Crippen LogP contribution in [0, 0.1) is 0 Å². The second-order valence-corrected chi connectivity index (χ2v) is 10.2. The Hall–Kier alpha value is -2.26. The lowest BCUT2D eigenvalue weighted by Crippen LogP contribution is -2.17. The molecule has 2 N–H and O–H groups in total. The molecule has 0 saturated heterocycles. The van der Waals surface area contributed by atoms with Crippen molar-refractivity contribution in [2.24, 2.45) is 0 Å². The highest BCUT2D eigenvalue weighted by Gasteiger charge is 2.27. The molecule has 3 aromatic rings. The van der Waals surface area contributed by atoms with Crippen molar-refractivity contribution in [3.8, 4) is 32.4 Å². The van der Waals surface area contributed by atoms with Crippen LogP contribution in [0.3, 0.4) is 0 Å². The smallest absolute Gasteiger partial charge is 0.123 e. The van der Waals surface area contributed by atoms with Gasteiger partial charge in [-0.25, -0.2) is 0 Å². The van der Waals surface area contributed by atoms with Crippen LogP contribution >= 0.6 is 11.3 Å². The molecule has 0 radical (unpaired) electrons. The quantitative estimate of drug-likeness (QED) is 0.498. The van der Waals surface area contributed by atoms with Crippen LogP contribution in [0.2, 0.25) is 0 Å². The summed E-state index contributed by atoms with van der Waals surface area (Å²) in [5, 5.41) is 20.4. The lowest BCUT2D eigenvalue weighted by atomic mass is 9.78. The number of phenolic OH excluding ortho intramolecular Hbond substituents is 2. The summed E-state index contributed by atoms with van der Waals surface area (Å²) < 4.78 is 0. The molecule has 3 rings (SSSR count). The van der Waals surface area contributed by atoms with Gasteiger partial charge in [0.25, 0.3) is 0 Å². The highest BCUT2D eigenvalue weighted by Crippen LogP contribution is 2.44. The van der Waals surface area contributed by atoms with E-state index in [1.807, 2.05) is 12.1 Å². The first-order valence-electron chi connectivity index (χ1n) is 9.24. The van der Waals surface area contributed by atoms with Gasteiger partial charge in [0.2, 0.25) is 0 Å². The number of thiophene rings is 1. The summed E-state index contributed by atoms with van der Waals surface area (Å²) in [4.78, 5) is 2.33. The number of aromatic hydroxyl groups is 2. The second-order valence-electron chi connectivity index (χ2n) is 9.13. The van der Waals surface area contributed by atoms with Crippen molar-refractivity contribution < 1.29 is 10.2 Å². The molecule has 1 aromatic heterocycles. The van der Waals surface area contributed by atoms with Crippen LogP contribution in [0.15, 0.2) is 48.5 Å². The topological polar surface area (TPSA) is 40.5 Å². The van der Waals surface area contributed by atoms with E-state index in [-0.39, 0.29) is 16.6 Å². The fourth-order valence-electron chi connectivity index (χ4n) is 3.19. The zero-order valence-electron chi connectivity index (χ0n) is 16.9. The largest absolute Gasteiger partial charge is 0.508 e. The van der Waals surface area contributed by atoms with Crippen LogP contribution in [0.4, 0.5) is 0 Å². The van der Waals surface area contributed by atoms with Gasteiger partial charge in [-0.2, -0.15) is 0 Å². The van der Waals surface area contributed by atoms with Crippen LogP contribution in [0.1, 0.15) is 52.7 Å². The van der Waals surface area contributed by atoms with Gasteiger partial charge in [-0.1, -0.05) is 41.5 Å². The minimum Gasteiger partial charge on any atom is -0.508 e. The van der Waals surface area contributed by atoms with E-state index in [2.05, 4.69) is 65.8 Å². The number of benzene rings is 2. The van der Waals surface area contributed by atoms with E-state index < -0.39 is 0 Å². The maximum atomic E-state index is 10.9. The van der Waals surface area contributed by atoms with Crippen molar-refractivity contribution >= 4 is 11.3 Å². The lowest BCUT2D eigenvalue weighted by molar-refractivity contribution is 0.423. The van der Waals surface area contributed by atoms with E-state index in [0.717, 1.165) is 27.1 Å². The summed E-state index contributed by atoms with van der Waals surface area (Å²) in [5.74, 6) is 0.688. The molecule has 0 aliphatic carbocycles. The molecule has 0 bridgehead atoms. The number of hydrogen-bond acceptors (Lipinski definition) is 3. The van der Waals surface area contributed by atoms with E-state index in [9.17, 15) is 10.2 Å².